The highest BCUT2D eigenvalue weighted by Gasteiger charge is 2.32. The standard InChI is InChI=1S/C31H28N4O4S/c1-20-8-10-22(11-9-20)28-18-27(29-21(2)34-35(30(29)33-28)24-16-17-40(37,38)19-24)31(36)32-23-12-14-26(15-13-23)39-25-6-4-3-5-7-25/h3-15,18,24H,16-17,19H2,1-2H3,(H,32,36). The number of carbonyl (C=O) groups is 1. The number of ether oxygens (including phenoxy) is 1. The van der Waals surface area contributed by atoms with Crippen molar-refractivity contribution < 1.29 is 17.9 Å². The van der Waals surface area contributed by atoms with Crippen LogP contribution in [0.25, 0.3) is 22.3 Å². The van der Waals surface area contributed by atoms with E-state index < -0.39 is 9.84 Å². The number of para-hydroxylation sites is 1. The highest BCUT2D eigenvalue weighted by atomic mass is 32.2. The molecule has 0 bridgehead atoms. The second kappa shape index (κ2) is 10.2. The van der Waals surface area contributed by atoms with Crippen LogP contribution in [-0.2, 0) is 9.84 Å². The SMILES string of the molecule is Cc1ccc(-c2cc(C(=O)Nc3ccc(Oc4ccccc4)cc3)c3c(C)nn(C4CCS(=O)(=O)C4)c3n2)cc1. The number of amides is 1. The maximum atomic E-state index is 13.7. The van der Waals surface area contributed by atoms with Gasteiger partial charge in [-0.3, -0.25) is 4.79 Å². The summed E-state index contributed by atoms with van der Waals surface area (Å²) in [7, 11) is -3.14. The van der Waals surface area contributed by atoms with Crippen molar-refractivity contribution >= 4 is 32.5 Å². The Kier molecular flexibility index (Phi) is 6.59. The monoisotopic (exact) mass is 552 g/mol. The van der Waals surface area contributed by atoms with E-state index in [0.717, 1.165) is 16.9 Å². The van der Waals surface area contributed by atoms with E-state index in [1.807, 2.05) is 68.4 Å². The lowest BCUT2D eigenvalue weighted by molar-refractivity contribution is 0.102. The van der Waals surface area contributed by atoms with Crippen LogP contribution in [0, 0.1) is 13.8 Å². The van der Waals surface area contributed by atoms with Gasteiger partial charge in [-0.15, -0.1) is 0 Å². The Morgan fingerprint density at radius 2 is 1.65 bits per heavy atom. The van der Waals surface area contributed by atoms with Crippen molar-refractivity contribution in [2.45, 2.75) is 26.3 Å². The zero-order valence-electron chi connectivity index (χ0n) is 22.2. The van der Waals surface area contributed by atoms with Crippen molar-refractivity contribution in [1.29, 1.82) is 0 Å². The molecule has 1 fully saturated rings. The Balaban J connectivity index is 1.37. The molecule has 0 aliphatic carbocycles. The van der Waals surface area contributed by atoms with Gasteiger partial charge in [0.1, 0.15) is 11.5 Å². The largest absolute Gasteiger partial charge is 0.457 e. The molecule has 0 radical (unpaired) electrons. The Hall–Kier alpha value is -4.50. The molecule has 2 aromatic heterocycles. The van der Waals surface area contributed by atoms with E-state index in [2.05, 4.69) is 10.4 Å². The first-order valence-electron chi connectivity index (χ1n) is 13.1. The highest BCUT2D eigenvalue weighted by Crippen LogP contribution is 2.33. The zero-order chi connectivity index (χ0) is 27.9. The van der Waals surface area contributed by atoms with Gasteiger partial charge in [-0.05, 0) is 62.7 Å². The number of aryl methyl sites for hydroxylation is 2. The van der Waals surface area contributed by atoms with Crippen LogP contribution < -0.4 is 10.1 Å². The first-order chi connectivity index (χ1) is 19.3. The molecule has 40 heavy (non-hydrogen) atoms. The van der Waals surface area contributed by atoms with Gasteiger partial charge in [0.15, 0.2) is 15.5 Å². The third-order valence-electron chi connectivity index (χ3n) is 7.07. The number of hydrogen-bond acceptors (Lipinski definition) is 6. The van der Waals surface area contributed by atoms with Crippen LogP contribution in [0.2, 0.25) is 0 Å². The first-order valence-corrected chi connectivity index (χ1v) is 14.9. The smallest absolute Gasteiger partial charge is 0.256 e. The van der Waals surface area contributed by atoms with Crippen LogP contribution >= 0.6 is 0 Å². The van der Waals surface area contributed by atoms with Gasteiger partial charge in [0.25, 0.3) is 5.91 Å². The summed E-state index contributed by atoms with van der Waals surface area (Å²) in [4.78, 5) is 18.6. The molecule has 1 aliphatic heterocycles. The van der Waals surface area contributed by atoms with Gasteiger partial charge in [-0.1, -0.05) is 48.0 Å². The summed E-state index contributed by atoms with van der Waals surface area (Å²) >= 11 is 0. The fourth-order valence-corrected chi connectivity index (χ4v) is 6.71. The average molecular weight is 553 g/mol. The number of nitrogens with zero attached hydrogens (tertiary/aromatic N) is 3. The number of carbonyl (C=O) groups excluding carboxylic acids is 1. The lowest BCUT2D eigenvalue weighted by Gasteiger charge is -2.13. The molecule has 1 amide bonds. The summed E-state index contributed by atoms with van der Waals surface area (Å²) < 4.78 is 32.0. The Morgan fingerprint density at radius 1 is 0.950 bits per heavy atom. The molecule has 1 N–H and O–H groups in total. The van der Waals surface area contributed by atoms with Gasteiger partial charge in [-0.2, -0.15) is 5.10 Å². The maximum Gasteiger partial charge on any atom is 0.256 e. The van der Waals surface area contributed by atoms with Gasteiger partial charge in [0.2, 0.25) is 0 Å². The van der Waals surface area contributed by atoms with Crippen molar-refractivity contribution in [2.24, 2.45) is 0 Å². The molecule has 6 rings (SSSR count). The van der Waals surface area contributed by atoms with Crippen LogP contribution in [0.15, 0.2) is 84.9 Å². The molecule has 1 saturated heterocycles. The molecule has 0 saturated carbocycles. The van der Waals surface area contributed by atoms with Crippen molar-refractivity contribution in [1.82, 2.24) is 14.8 Å². The summed E-state index contributed by atoms with van der Waals surface area (Å²) in [6.45, 7) is 3.83. The topological polar surface area (TPSA) is 103 Å². The average Bonchev–Trinajstić information content (AvgIpc) is 3.48. The molecule has 0 spiro atoms. The minimum Gasteiger partial charge on any atom is -0.457 e. The van der Waals surface area contributed by atoms with Crippen LogP contribution in [0.4, 0.5) is 5.69 Å². The minimum absolute atomic E-state index is 0.0125. The number of anilines is 1. The summed E-state index contributed by atoms with van der Waals surface area (Å²) in [6, 6.07) is 26.0. The maximum absolute atomic E-state index is 13.7. The summed E-state index contributed by atoms with van der Waals surface area (Å²) in [5, 5.41) is 8.29. The van der Waals surface area contributed by atoms with Gasteiger partial charge in [0.05, 0.1) is 39.9 Å². The fourth-order valence-electron chi connectivity index (χ4n) is 5.02. The third kappa shape index (κ3) is 5.20. The summed E-state index contributed by atoms with van der Waals surface area (Å²) in [6.07, 6.45) is 0.466. The van der Waals surface area contributed by atoms with Crippen LogP contribution in [0.1, 0.15) is 34.1 Å². The number of pyridine rings is 1. The fraction of sp³-hybridized carbons (Fsp3) is 0.194. The van der Waals surface area contributed by atoms with Gasteiger partial charge < -0.3 is 10.1 Å². The van der Waals surface area contributed by atoms with E-state index >= 15 is 0 Å². The number of sulfone groups is 1. The van der Waals surface area contributed by atoms with Gasteiger partial charge >= 0.3 is 0 Å². The second-order valence-electron chi connectivity index (χ2n) is 10.1. The van der Waals surface area contributed by atoms with E-state index in [9.17, 15) is 13.2 Å². The molecule has 1 atom stereocenters. The van der Waals surface area contributed by atoms with E-state index in [4.69, 9.17) is 9.72 Å². The molecule has 1 unspecified atom stereocenters. The highest BCUT2D eigenvalue weighted by molar-refractivity contribution is 7.91. The molecule has 202 valence electrons. The van der Waals surface area contributed by atoms with E-state index in [0.29, 0.717) is 45.8 Å². The predicted molar refractivity (Wildman–Crippen MR) is 156 cm³/mol. The summed E-state index contributed by atoms with van der Waals surface area (Å²) in [5.41, 5.74) is 4.75. The Bertz CT molecular complexity index is 1810. The molecule has 3 heterocycles. The van der Waals surface area contributed by atoms with Crippen LogP contribution in [0.3, 0.4) is 0 Å². The Labute approximate surface area is 232 Å². The predicted octanol–water partition coefficient (Wildman–Crippen LogP) is 6.12. The van der Waals surface area contributed by atoms with E-state index in [-0.39, 0.29) is 23.5 Å². The molecule has 1 aliphatic rings. The van der Waals surface area contributed by atoms with E-state index in [1.54, 1.807) is 35.0 Å². The molecule has 5 aromatic rings. The second-order valence-corrected chi connectivity index (χ2v) is 12.3. The number of aromatic nitrogens is 3. The lowest BCUT2D eigenvalue weighted by atomic mass is 10.0. The quantitative estimate of drug-likeness (QED) is 0.272. The van der Waals surface area contributed by atoms with Crippen LogP contribution in [0.5, 0.6) is 11.5 Å². The number of fused-ring (bicyclic) bond motifs is 1. The number of benzene rings is 3. The van der Waals surface area contributed by atoms with Gasteiger partial charge in [0, 0.05) is 11.3 Å². The van der Waals surface area contributed by atoms with Crippen molar-refractivity contribution in [3.05, 3.63) is 102 Å². The minimum atomic E-state index is -3.14. The first kappa shape index (κ1) is 25.8. The Morgan fingerprint density at radius 3 is 2.33 bits per heavy atom. The molecular formula is C31H28N4O4S. The molecule has 3 aromatic carbocycles. The zero-order valence-corrected chi connectivity index (χ0v) is 23.0. The van der Waals surface area contributed by atoms with E-state index in [1.165, 1.54) is 0 Å². The normalized spacial score (nSPS) is 16.2. The molecule has 8 nitrogen and oxygen atoms in total. The number of rotatable bonds is 6. The molecular weight excluding hydrogens is 524 g/mol. The molecule has 9 heteroatoms. The lowest BCUT2D eigenvalue weighted by Crippen LogP contribution is -2.15. The van der Waals surface area contributed by atoms with Crippen LogP contribution in [-0.4, -0.2) is 40.6 Å². The van der Waals surface area contributed by atoms with Crippen molar-refractivity contribution in [3.63, 3.8) is 0 Å². The summed E-state index contributed by atoms with van der Waals surface area (Å²) in [5.74, 6) is 1.20. The number of hydrogen-bond donors (Lipinski definition) is 1. The third-order valence-corrected chi connectivity index (χ3v) is 8.82. The van der Waals surface area contributed by atoms with Crippen molar-refractivity contribution in [3.8, 4) is 22.8 Å². The van der Waals surface area contributed by atoms with Gasteiger partial charge in [-0.25, -0.2) is 18.1 Å². The van der Waals surface area contributed by atoms with Crippen molar-refractivity contribution in [2.75, 3.05) is 16.8 Å². The number of nitrogens with one attached hydrogen (secondary N) is 1.